The average molecular weight is 257 g/mol. The molecular weight excluding hydrogens is 244 g/mol. The molecule has 1 aliphatic carbocycles. The quantitative estimate of drug-likeness (QED) is 0.511. The van der Waals surface area contributed by atoms with E-state index < -0.39 is 4.92 Å². The van der Waals surface area contributed by atoms with Gasteiger partial charge in [-0.3, -0.25) is 10.1 Å². The van der Waals surface area contributed by atoms with E-state index in [1.807, 2.05) is 6.92 Å². The molecule has 0 radical (unpaired) electrons. The van der Waals surface area contributed by atoms with Gasteiger partial charge in [-0.15, -0.1) is 0 Å². The molecule has 1 aliphatic rings. The maximum absolute atomic E-state index is 10.9. The number of nitrogens with one attached hydrogen (secondary N) is 1. The summed E-state index contributed by atoms with van der Waals surface area (Å²) in [7, 11) is 0. The van der Waals surface area contributed by atoms with Crippen LogP contribution in [0.15, 0.2) is 6.33 Å². The van der Waals surface area contributed by atoms with Crippen molar-refractivity contribution in [2.75, 3.05) is 5.32 Å². The van der Waals surface area contributed by atoms with E-state index in [0.29, 0.717) is 0 Å². The Morgan fingerprint density at radius 2 is 2.12 bits per heavy atom. The fourth-order valence-electron chi connectivity index (χ4n) is 2.18. The molecule has 1 N–H and O–H groups in total. The van der Waals surface area contributed by atoms with Gasteiger partial charge in [0.25, 0.3) is 0 Å². The second-order valence-electron chi connectivity index (χ2n) is 4.51. The Balaban J connectivity index is 2.32. The van der Waals surface area contributed by atoms with Crippen LogP contribution in [-0.4, -0.2) is 20.4 Å². The van der Waals surface area contributed by atoms with Gasteiger partial charge in [0, 0.05) is 5.54 Å². The predicted molar refractivity (Wildman–Crippen MR) is 64.2 cm³/mol. The highest BCUT2D eigenvalue weighted by atomic mass is 35.5. The molecule has 1 aromatic heterocycles. The Hall–Kier alpha value is -1.43. The van der Waals surface area contributed by atoms with Crippen LogP contribution in [0.25, 0.3) is 0 Å². The van der Waals surface area contributed by atoms with Gasteiger partial charge in [0.15, 0.2) is 0 Å². The molecule has 0 spiro atoms. The summed E-state index contributed by atoms with van der Waals surface area (Å²) in [5.74, 6) is 0.208. The Morgan fingerprint density at radius 1 is 1.47 bits per heavy atom. The molecule has 92 valence electrons. The molecule has 0 bridgehead atoms. The van der Waals surface area contributed by atoms with E-state index >= 15 is 0 Å². The van der Waals surface area contributed by atoms with Crippen LogP contribution in [0, 0.1) is 10.1 Å². The minimum atomic E-state index is -0.553. The van der Waals surface area contributed by atoms with Gasteiger partial charge in [-0.05, 0) is 19.8 Å². The van der Waals surface area contributed by atoms with Crippen molar-refractivity contribution in [1.29, 1.82) is 0 Å². The van der Waals surface area contributed by atoms with Crippen LogP contribution in [0.2, 0.25) is 5.15 Å². The van der Waals surface area contributed by atoms with Crippen molar-refractivity contribution in [2.45, 2.75) is 38.1 Å². The van der Waals surface area contributed by atoms with E-state index in [2.05, 4.69) is 15.3 Å². The first-order valence-corrected chi connectivity index (χ1v) is 5.83. The zero-order valence-corrected chi connectivity index (χ0v) is 10.2. The van der Waals surface area contributed by atoms with Crippen molar-refractivity contribution in [2.24, 2.45) is 0 Å². The number of aromatic nitrogens is 2. The first-order valence-electron chi connectivity index (χ1n) is 5.45. The molecule has 0 aliphatic heterocycles. The highest BCUT2D eigenvalue weighted by Gasteiger charge is 2.32. The fourth-order valence-corrected chi connectivity index (χ4v) is 2.38. The van der Waals surface area contributed by atoms with Crippen LogP contribution in [0.3, 0.4) is 0 Å². The van der Waals surface area contributed by atoms with Crippen LogP contribution in [0.5, 0.6) is 0 Å². The third-order valence-electron chi connectivity index (χ3n) is 3.09. The number of rotatable bonds is 3. The standard InChI is InChI=1S/C10H13ClN4O2/c1-10(4-2-3-5-10)14-9-7(15(16)17)8(11)12-6-13-9/h6H,2-5H2,1H3,(H,12,13,14). The Kier molecular flexibility index (Phi) is 3.15. The van der Waals surface area contributed by atoms with E-state index in [4.69, 9.17) is 11.6 Å². The summed E-state index contributed by atoms with van der Waals surface area (Å²) in [6.07, 6.45) is 5.43. The van der Waals surface area contributed by atoms with Gasteiger partial charge < -0.3 is 5.32 Å². The largest absolute Gasteiger partial charge is 0.359 e. The maximum atomic E-state index is 10.9. The molecule has 0 aromatic carbocycles. The van der Waals surface area contributed by atoms with Gasteiger partial charge in [-0.1, -0.05) is 24.4 Å². The van der Waals surface area contributed by atoms with Crippen LogP contribution in [0.4, 0.5) is 11.5 Å². The van der Waals surface area contributed by atoms with Gasteiger partial charge in [0.2, 0.25) is 11.0 Å². The van der Waals surface area contributed by atoms with E-state index in [0.717, 1.165) is 25.7 Å². The van der Waals surface area contributed by atoms with Gasteiger partial charge >= 0.3 is 5.69 Å². The summed E-state index contributed by atoms with van der Waals surface area (Å²) in [5, 5.41) is 13.9. The summed E-state index contributed by atoms with van der Waals surface area (Å²) in [4.78, 5) is 17.9. The average Bonchev–Trinajstić information content (AvgIpc) is 2.64. The van der Waals surface area contributed by atoms with Crippen molar-refractivity contribution in [3.63, 3.8) is 0 Å². The minimum Gasteiger partial charge on any atom is -0.359 e. The second-order valence-corrected chi connectivity index (χ2v) is 4.87. The maximum Gasteiger partial charge on any atom is 0.348 e. The SMILES string of the molecule is CC1(Nc2ncnc(Cl)c2[N+](=O)[O-])CCCC1. The molecule has 1 heterocycles. The number of nitro groups is 1. The molecule has 6 nitrogen and oxygen atoms in total. The zero-order valence-electron chi connectivity index (χ0n) is 9.44. The topological polar surface area (TPSA) is 81.0 Å². The Bertz CT molecular complexity index is 446. The second kappa shape index (κ2) is 4.44. The number of halogens is 1. The Morgan fingerprint density at radius 3 is 2.71 bits per heavy atom. The molecule has 1 fully saturated rings. The fraction of sp³-hybridized carbons (Fsp3) is 0.600. The van der Waals surface area contributed by atoms with Crippen LogP contribution >= 0.6 is 11.6 Å². The summed E-state index contributed by atoms with van der Waals surface area (Å²) in [5.41, 5.74) is -0.384. The lowest BCUT2D eigenvalue weighted by atomic mass is 10.0. The summed E-state index contributed by atoms with van der Waals surface area (Å²) >= 11 is 5.72. The lowest BCUT2D eigenvalue weighted by Gasteiger charge is -2.25. The molecule has 2 rings (SSSR count). The summed E-state index contributed by atoms with van der Waals surface area (Å²) in [6, 6.07) is 0. The highest BCUT2D eigenvalue weighted by Crippen LogP contribution is 2.36. The van der Waals surface area contributed by atoms with Crippen molar-refractivity contribution < 1.29 is 4.92 Å². The highest BCUT2D eigenvalue weighted by molar-refractivity contribution is 6.31. The van der Waals surface area contributed by atoms with Crippen LogP contribution in [0.1, 0.15) is 32.6 Å². The molecule has 0 saturated heterocycles. The van der Waals surface area contributed by atoms with Crippen LogP contribution in [-0.2, 0) is 0 Å². The smallest absolute Gasteiger partial charge is 0.348 e. The normalized spacial score (nSPS) is 18.0. The lowest BCUT2D eigenvalue weighted by molar-refractivity contribution is -0.384. The number of nitrogens with zero attached hydrogens (tertiary/aromatic N) is 3. The van der Waals surface area contributed by atoms with Crippen LogP contribution < -0.4 is 5.32 Å². The first kappa shape index (κ1) is 12.0. The Labute approximate surface area is 104 Å². The van der Waals surface area contributed by atoms with Gasteiger partial charge in [0.1, 0.15) is 6.33 Å². The molecule has 1 saturated carbocycles. The summed E-state index contributed by atoms with van der Waals surface area (Å²) in [6.45, 7) is 2.04. The van der Waals surface area contributed by atoms with Crippen molar-refractivity contribution in [3.05, 3.63) is 21.6 Å². The third-order valence-corrected chi connectivity index (χ3v) is 3.36. The van der Waals surface area contributed by atoms with Gasteiger partial charge in [0.05, 0.1) is 4.92 Å². The molecule has 0 unspecified atom stereocenters. The van der Waals surface area contributed by atoms with Gasteiger partial charge in [-0.25, -0.2) is 9.97 Å². The number of anilines is 1. The molecular formula is C10H13ClN4O2. The van der Waals surface area contributed by atoms with E-state index in [1.165, 1.54) is 6.33 Å². The first-order chi connectivity index (χ1) is 8.02. The lowest BCUT2D eigenvalue weighted by Crippen LogP contribution is -2.31. The molecule has 7 heteroatoms. The number of hydrogen-bond acceptors (Lipinski definition) is 5. The van der Waals surface area contributed by atoms with Crippen molar-refractivity contribution in [1.82, 2.24) is 9.97 Å². The minimum absolute atomic E-state index is 0.130. The summed E-state index contributed by atoms with van der Waals surface area (Å²) < 4.78 is 0. The zero-order chi connectivity index (χ0) is 12.5. The van der Waals surface area contributed by atoms with E-state index in [9.17, 15) is 10.1 Å². The van der Waals surface area contributed by atoms with Gasteiger partial charge in [-0.2, -0.15) is 0 Å². The van der Waals surface area contributed by atoms with E-state index in [-0.39, 0.29) is 22.2 Å². The predicted octanol–water partition coefficient (Wildman–Crippen LogP) is 2.78. The van der Waals surface area contributed by atoms with Crippen molar-refractivity contribution >= 4 is 23.1 Å². The molecule has 17 heavy (non-hydrogen) atoms. The van der Waals surface area contributed by atoms with E-state index in [1.54, 1.807) is 0 Å². The monoisotopic (exact) mass is 256 g/mol. The molecule has 0 amide bonds. The molecule has 0 atom stereocenters. The third kappa shape index (κ3) is 2.46. The molecule has 1 aromatic rings. The van der Waals surface area contributed by atoms with Crippen molar-refractivity contribution in [3.8, 4) is 0 Å². The number of hydrogen-bond donors (Lipinski definition) is 1.